The maximum absolute atomic E-state index is 12.6. The Balaban J connectivity index is 0.000000671. The molecule has 123 heavy (non-hydrogen) atoms. The molecule has 53 heteroatoms. The van der Waals surface area contributed by atoms with Gasteiger partial charge < -0.3 is 109 Å². The van der Waals surface area contributed by atoms with E-state index < -0.39 is 175 Å². The van der Waals surface area contributed by atoms with Crippen molar-refractivity contribution >= 4 is 79.5 Å². The topological polar surface area (TPSA) is 702 Å². The summed E-state index contributed by atoms with van der Waals surface area (Å²) in [7, 11) is 6.49. The number of hydrogen-bond donors (Lipinski definition) is 16. The van der Waals surface area contributed by atoms with Gasteiger partial charge in [-0.15, -0.1) is 0 Å². The number of aliphatic hydroxyl groups excluding tert-OH is 5. The van der Waals surface area contributed by atoms with E-state index in [9.17, 15) is 96.5 Å². The standard InChI is InChI=1S/C29H45N8O14P.C25H39N7O13.C13H15N3O7.3CH4/c1-46-27(43)24(41)32-9-13-36(14-10-33-25(42)28(44)47-2)12-8-31-20(39)6-16-48-18-34-22-23(51-52(3)49-15-4-7-30)19(17-38)50-26(22)37-11-5-21(40)35-29(37)45;1-42-23(39)20(37)27-6-10-31(11-7-28-21(38)24(40)43-2)9-5-26-16(34)4-12-44-14-29-18-19(36)15(13-33)45-22(18)32-8-3-17(35)30-25(32)41;17-5-6-11(21)10(16-8(19)1-2-9(16)20)12(23-6)15-4-3-7(18)14-13(15)22;;;/h5,11,19,22-23,26,34,38H,4,6,8-10,12-18H2,1-3H3,(H,31,39)(H,32,41)(H,33,42)(H,35,40,45);3,8,15,18-19,22,29,33,36H,4-7,9-14H2,1-2H3,(H,26,34)(H,27,37)(H,28,38)(H,30,35,41);3-4,6,10-12,17,21H,1-2,5H2,(H,14,18,22);3*1H4/t19-,22-,23?,26-,52?;15-,18+,19?,22-;6-,10+,11?,12-;;;/m111.../s1/i38T;33T;17T;3*1D. The van der Waals surface area contributed by atoms with Crippen LogP contribution in [0.15, 0.2) is 65.6 Å². The predicted octanol–water partition coefficient (Wildman–Crippen LogP) is -10.7. The lowest BCUT2D eigenvalue weighted by Crippen LogP contribution is -2.50. The van der Waals surface area contributed by atoms with Gasteiger partial charge in [0.05, 0.1) is 119 Å². The second kappa shape index (κ2) is 56.8. The zero-order valence-electron chi connectivity index (χ0n) is 74.6. The third-order valence-electron chi connectivity index (χ3n) is 17.7. The molecule has 0 radical (unpaired) electrons. The summed E-state index contributed by atoms with van der Waals surface area (Å²) >= 11 is 0. The Morgan fingerprint density at radius 1 is 0.528 bits per heavy atom. The number of likely N-dealkylation sites (tertiary alicyclic amines) is 1. The summed E-state index contributed by atoms with van der Waals surface area (Å²) in [5.74, 6) is -9.63. The summed E-state index contributed by atoms with van der Waals surface area (Å²) in [4.78, 5) is 223. The molecule has 3 aromatic rings. The van der Waals surface area contributed by atoms with Crippen molar-refractivity contribution in [3.63, 3.8) is 0 Å². The van der Waals surface area contributed by atoms with Crippen LogP contribution in [-0.2, 0) is 109 Å². The average molecular weight is 1790 g/mol. The highest BCUT2D eigenvalue weighted by Crippen LogP contribution is 2.42. The number of nitrogens with one attached hydrogen (secondary N) is 11. The van der Waals surface area contributed by atoms with Crippen molar-refractivity contribution in [1.82, 2.24) is 85.9 Å². The third-order valence-corrected chi connectivity index (χ3v) is 18.8. The summed E-state index contributed by atoms with van der Waals surface area (Å²) in [6, 6.07) is 2.47. The fraction of sp³-hybridized carbons (Fsp3) is 0.643. The van der Waals surface area contributed by atoms with Gasteiger partial charge in [-0.2, -0.15) is 5.26 Å². The lowest BCUT2D eigenvalue weighted by molar-refractivity contribution is -0.152. The van der Waals surface area contributed by atoms with E-state index in [0.29, 0.717) is 0 Å². The second-order valence-electron chi connectivity index (χ2n) is 25.6. The Morgan fingerprint density at radius 3 is 1.24 bits per heavy atom. The van der Waals surface area contributed by atoms with Gasteiger partial charge in [-0.25, -0.2) is 33.6 Å². The highest BCUT2D eigenvalue weighted by atomic mass is 31.2. The number of imide groups is 1. The summed E-state index contributed by atoms with van der Waals surface area (Å²) in [5.41, 5.74) is -4.17. The molecule has 0 aromatic carbocycles. The van der Waals surface area contributed by atoms with E-state index in [1.165, 1.54) is 34.6 Å². The molecule has 4 unspecified atom stereocenters. The number of ether oxygens (including phenoxy) is 9. The van der Waals surface area contributed by atoms with Crippen molar-refractivity contribution in [2.45, 2.75) is 128 Å². The van der Waals surface area contributed by atoms with Crippen LogP contribution in [0.5, 0.6) is 0 Å². The molecule has 4 saturated heterocycles. The van der Waals surface area contributed by atoms with Crippen LogP contribution < -0.4 is 76.3 Å². The predicted molar refractivity (Wildman–Crippen MR) is 422 cm³/mol. The molecule has 690 valence electrons. The highest BCUT2D eigenvalue weighted by Gasteiger charge is 2.53. The molecule has 16 N–H and O–H groups in total. The minimum Gasteiger partial charge on any atom is -0.462 e. The zero-order chi connectivity index (χ0) is 96.7. The summed E-state index contributed by atoms with van der Waals surface area (Å²) < 4.78 is 98.9. The van der Waals surface area contributed by atoms with E-state index in [-0.39, 0.29) is 176 Å². The Bertz CT molecular complexity index is 4360. The first-order valence-electron chi connectivity index (χ1n) is 40.9. The average Bonchev–Trinajstić information content (AvgIpc) is 1.61. The van der Waals surface area contributed by atoms with Crippen molar-refractivity contribution in [2.24, 2.45) is 0 Å². The minimum atomic E-state index is -1.53. The monoisotopic (exact) mass is 1790 g/mol. The second-order valence-corrected chi connectivity index (χ2v) is 26.9. The molecular weight excluding hydrogens is 1670 g/mol. The van der Waals surface area contributed by atoms with E-state index in [0.717, 1.165) is 71.4 Å². The first-order valence-corrected chi connectivity index (χ1v) is 38.3. The third kappa shape index (κ3) is 34.4. The Hall–Kier alpha value is -10.8. The van der Waals surface area contributed by atoms with E-state index >= 15 is 0 Å². The van der Waals surface area contributed by atoms with Crippen LogP contribution in [0.1, 0.15) is 77.1 Å². The Labute approximate surface area is 711 Å². The van der Waals surface area contributed by atoms with Crippen LogP contribution in [0, 0.1) is 11.3 Å². The van der Waals surface area contributed by atoms with Gasteiger partial charge in [-0.3, -0.25) is 107 Å². The van der Waals surface area contributed by atoms with E-state index in [2.05, 4.69) is 86.8 Å². The van der Waals surface area contributed by atoms with E-state index in [1.54, 1.807) is 16.5 Å². The quantitative estimate of drug-likeness (QED) is 0.00475. The number of nitrogens with zero attached hydrogens (tertiary/aromatic N) is 7. The van der Waals surface area contributed by atoms with Crippen LogP contribution >= 0.6 is 8.38 Å². The summed E-state index contributed by atoms with van der Waals surface area (Å²) in [6.45, 7) is 2.66. The van der Waals surface area contributed by atoms with Crippen molar-refractivity contribution < 1.29 is 139 Å². The van der Waals surface area contributed by atoms with Gasteiger partial charge in [0.15, 0.2) is 27.1 Å². The number of carbonyl (C=O) groups excluding carboxylic acids is 12. The van der Waals surface area contributed by atoms with Crippen LogP contribution in [0.2, 0.25) is 0 Å². The zero-order valence-corrected chi connectivity index (χ0v) is 69.5. The van der Waals surface area contributed by atoms with Gasteiger partial charge in [0.2, 0.25) is 27.9 Å². The van der Waals surface area contributed by atoms with Crippen LogP contribution in [0.4, 0.5) is 0 Å². The lowest BCUT2D eigenvalue weighted by Gasteiger charge is -2.29. The lowest BCUT2D eigenvalue weighted by atomic mass is 10.1. The number of aromatic amines is 3. The van der Waals surface area contributed by atoms with Crippen molar-refractivity contribution in [1.29, 1.82) is 9.56 Å². The number of aromatic nitrogens is 6. The largest absolute Gasteiger partial charge is 0.462 e. The van der Waals surface area contributed by atoms with Crippen molar-refractivity contribution in [3.8, 4) is 6.07 Å². The van der Waals surface area contributed by atoms with Gasteiger partial charge in [0.25, 0.3) is 16.7 Å². The number of hydrogen-bond acceptors (Lipinski definition) is 39. The molecule has 0 saturated carbocycles. The fourth-order valence-electron chi connectivity index (χ4n) is 11.7. The number of H-pyrrole nitrogens is 3. The maximum atomic E-state index is 12.6. The van der Waals surface area contributed by atoms with Gasteiger partial charge in [0.1, 0.15) is 42.7 Å². The van der Waals surface area contributed by atoms with Crippen molar-refractivity contribution in [3.05, 3.63) is 99.3 Å². The number of aliphatic hydroxyl groups is 5. The molecule has 0 bridgehead atoms. The molecule has 8 amide bonds. The molecule has 52 nitrogen and oxygen atoms in total. The van der Waals surface area contributed by atoms with Gasteiger partial charge in [0, 0.05) is 139 Å². The van der Waals surface area contributed by atoms with Crippen LogP contribution in [0.3, 0.4) is 0 Å². The van der Waals surface area contributed by atoms with E-state index in [1.807, 2.05) is 11.1 Å². The molecule has 7 heterocycles. The van der Waals surface area contributed by atoms with Gasteiger partial charge in [-0.1, -0.05) is 22.2 Å². The molecular formula is C70H111N18O34P. The molecule has 13 atom stereocenters. The first-order chi connectivity index (χ1) is 61.9. The van der Waals surface area contributed by atoms with Crippen LogP contribution in [0.25, 0.3) is 0 Å². The molecule has 3 aromatic heterocycles. The number of rotatable bonds is 45. The molecule has 7 rings (SSSR count). The molecule has 4 aliphatic heterocycles. The number of carbonyl (C=O) groups is 12. The first kappa shape index (κ1) is 97.6. The molecule has 4 aliphatic rings. The highest BCUT2D eigenvalue weighted by molar-refractivity contribution is 7.46. The Morgan fingerprint density at radius 2 is 0.870 bits per heavy atom. The maximum Gasteiger partial charge on any atom is 0.396 e. The SMILES string of the molecule is [2H]C.[2H]C.[2H]C.[3H]OC[C@H]1O[C@@H](n2ccc(=O)[nH]c2=O)[C@@H](N2C(=O)CCC2=O)C1O.[3H]OC[C@H]1O[C@@H](n2ccc(=O)[nH]c2=O)[C@@H](NCOCCC(=O)NCCN(CCNC(=O)C(=O)OC)CCNC(=O)C(=O)OC)C1O.[3H]OC[C@H]1O[C@@H](n2ccc(=O)[nH]c2=O)[C@H](NCOCCC(=O)NCCN(CCNC(=O)C(=O)OC)CCNC(=O)C(=O)OC)C1OP(C)OCCC#N. The smallest absolute Gasteiger partial charge is 0.396 e. The molecule has 0 spiro atoms. The van der Waals surface area contributed by atoms with E-state index in [4.69, 9.17) is 46.4 Å². The summed E-state index contributed by atoms with van der Waals surface area (Å²) in [5, 5.41) is 64.0. The fourth-order valence-corrected chi connectivity index (χ4v) is 12.7. The molecule has 4 fully saturated rings. The van der Waals surface area contributed by atoms with Crippen molar-refractivity contribution in [2.75, 3.05) is 167 Å². The van der Waals surface area contributed by atoms with Gasteiger partial charge >= 0.3 is 64.6 Å². The number of amides is 8. The molecule has 0 aliphatic carbocycles. The number of methoxy groups -OCH3 is 4. The van der Waals surface area contributed by atoms with Gasteiger partial charge in [-0.05, 0) is 0 Å². The number of esters is 4. The number of nitriles is 1. The van der Waals surface area contributed by atoms with Crippen LogP contribution in [-0.4, -0.2) is 366 Å². The minimum absolute atomic E-state index is 0.00884. The summed E-state index contributed by atoms with van der Waals surface area (Å²) in [6.07, 6.45) is -5.79. The normalized spacial score (nSPS) is 21.2. The Kier molecular flexibility index (Phi) is 45.0.